The van der Waals surface area contributed by atoms with E-state index in [1.165, 1.54) is 12.8 Å². The van der Waals surface area contributed by atoms with Gasteiger partial charge in [0.05, 0.1) is 0 Å². The van der Waals surface area contributed by atoms with E-state index in [-0.39, 0.29) is 0 Å². The summed E-state index contributed by atoms with van der Waals surface area (Å²) in [5.74, 6) is 2.62. The van der Waals surface area contributed by atoms with E-state index < -0.39 is 0 Å². The van der Waals surface area contributed by atoms with Crippen molar-refractivity contribution < 1.29 is 0 Å². The highest BCUT2D eigenvalue weighted by molar-refractivity contribution is 5.29. The van der Waals surface area contributed by atoms with E-state index in [0.29, 0.717) is 0 Å². The van der Waals surface area contributed by atoms with Crippen LogP contribution in [-0.4, -0.2) is 0 Å². The first-order chi connectivity index (χ1) is 5.27. The summed E-state index contributed by atoms with van der Waals surface area (Å²) < 4.78 is 0. The molecule has 0 radical (unpaired) electrons. The molecule has 11 heavy (non-hydrogen) atoms. The second-order valence-corrected chi connectivity index (χ2v) is 4.13. The smallest absolute Gasteiger partial charge is 0.00143 e. The Morgan fingerprint density at radius 2 is 2.09 bits per heavy atom. The molecule has 0 heterocycles. The molecule has 0 aromatic rings. The maximum Gasteiger partial charge on any atom is -0.00143 e. The molecule has 0 N–H and O–H groups in total. The zero-order valence-electron chi connectivity index (χ0n) is 7.38. The first kappa shape index (κ1) is 7.15. The van der Waals surface area contributed by atoms with Gasteiger partial charge in [0.2, 0.25) is 0 Å². The van der Waals surface area contributed by atoms with Crippen molar-refractivity contribution in [1.29, 1.82) is 0 Å². The van der Waals surface area contributed by atoms with Gasteiger partial charge in [-0.1, -0.05) is 37.6 Å². The summed E-state index contributed by atoms with van der Waals surface area (Å²) >= 11 is 0. The van der Waals surface area contributed by atoms with Crippen LogP contribution in [0.4, 0.5) is 0 Å². The molecule has 3 unspecified atom stereocenters. The Morgan fingerprint density at radius 1 is 1.27 bits per heavy atom. The Labute approximate surface area is 69.0 Å². The molecular formula is C11H16. The van der Waals surface area contributed by atoms with E-state index in [2.05, 4.69) is 32.1 Å². The Kier molecular flexibility index (Phi) is 1.63. The van der Waals surface area contributed by atoms with Gasteiger partial charge in [0, 0.05) is 0 Å². The minimum atomic E-state index is 0.807. The summed E-state index contributed by atoms with van der Waals surface area (Å²) in [5.41, 5.74) is 1.68. The van der Waals surface area contributed by atoms with Crippen LogP contribution >= 0.6 is 0 Å². The van der Waals surface area contributed by atoms with Crippen molar-refractivity contribution in [3.8, 4) is 0 Å². The summed E-state index contributed by atoms with van der Waals surface area (Å²) in [7, 11) is 0. The molecule has 0 nitrogen and oxygen atoms in total. The fourth-order valence-electron chi connectivity index (χ4n) is 2.22. The minimum Gasteiger partial charge on any atom is -0.0773 e. The molecule has 0 aliphatic heterocycles. The van der Waals surface area contributed by atoms with E-state index in [0.717, 1.165) is 17.8 Å². The summed E-state index contributed by atoms with van der Waals surface area (Å²) in [5, 5.41) is 0. The van der Waals surface area contributed by atoms with E-state index in [1.807, 2.05) is 0 Å². The lowest BCUT2D eigenvalue weighted by molar-refractivity contribution is 0.293. The van der Waals surface area contributed by atoms with Gasteiger partial charge in [-0.05, 0) is 30.6 Å². The summed E-state index contributed by atoms with van der Waals surface area (Å²) in [6.07, 6.45) is 9.61. The number of fused-ring (bicyclic) bond motifs is 1. The Hall–Kier alpha value is -0.520. The lowest BCUT2D eigenvalue weighted by Gasteiger charge is -2.31. The van der Waals surface area contributed by atoms with Gasteiger partial charge in [-0.25, -0.2) is 0 Å². The number of allylic oxidation sites excluding steroid dienone is 4. The third kappa shape index (κ3) is 1.15. The van der Waals surface area contributed by atoms with Gasteiger partial charge >= 0.3 is 0 Å². The van der Waals surface area contributed by atoms with Crippen molar-refractivity contribution in [3.05, 3.63) is 23.8 Å². The molecule has 2 rings (SSSR count). The van der Waals surface area contributed by atoms with Gasteiger partial charge in [0.25, 0.3) is 0 Å². The predicted octanol–water partition coefficient (Wildman–Crippen LogP) is 3.16. The van der Waals surface area contributed by atoms with E-state index in [1.54, 1.807) is 5.57 Å². The SMILES string of the molecule is CC1CC2=CC=CC2CC1C. The average molecular weight is 148 g/mol. The van der Waals surface area contributed by atoms with Crippen LogP contribution in [0.2, 0.25) is 0 Å². The lowest BCUT2D eigenvalue weighted by Crippen LogP contribution is -2.20. The Morgan fingerprint density at radius 3 is 2.91 bits per heavy atom. The van der Waals surface area contributed by atoms with Crippen molar-refractivity contribution in [2.75, 3.05) is 0 Å². The largest absolute Gasteiger partial charge is 0.0773 e. The minimum absolute atomic E-state index is 0.807. The third-order valence-corrected chi connectivity index (χ3v) is 3.28. The molecule has 60 valence electrons. The normalized spacial score (nSPS) is 42.0. The van der Waals surface area contributed by atoms with Gasteiger partial charge < -0.3 is 0 Å². The first-order valence-corrected chi connectivity index (χ1v) is 4.64. The monoisotopic (exact) mass is 148 g/mol. The van der Waals surface area contributed by atoms with Crippen molar-refractivity contribution >= 4 is 0 Å². The Bertz CT molecular complexity index is 210. The molecule has 0 aromatic heterocycles. The van der Waals surface area contributed by atoms with Crippen LogP contribution in [0.15, 0.2) is 23.8 Å². The highest BCUT2D eigenvalue weighted by Crippen LogP contribution is 2.39. The summed E-state index contributed by atoms with van der Waals surface area (Å²) in [4.78, 5) is 0. The zero-order chi connectivity index (χ0) is 7.84. The summed E-state index contributed by atoms with van der Waals surface area (Å²) in [6.45, 7) is 4.76. The van der Waals surface area contributed by atoms with Crippen LogP contribution in [0.25, 0.3) is 0 Å². The van der Waals surface area contributed by atoms with Crippen molar-refractivity contribution in [3.63, 3.8) is 0 Å². The molecule has 2 aliphatic rings. The molecule has 0 spiro atoms. The van der Waals surface area contributed by atoms with Crippen LogP contribution < -0.4 is 0 Å². The number of rotatable bonds is 0. The Balaban J connectivity index is 2.14. The highest BCUT2D eigenvalue weighted by Gasteiger charge is 2.27. The molecule has 1 saturated carbocycles. The number of hydrogen-bond donors (Lipinski definition) is 0. The fraction of sp³-hybridized carbons (Fsp3) is 0.636. The van der Waals surface area contributed by atoms with Crippen LogP contribution in [0.3, 0.4) is 0 Å². The van der Waals surface area contributed by atoms with E-state index in [4.69, 9.17) is 0 Å². The fourth-order valence-corrected chi connectivity index (χ4v) is 2.22. The summed E-state index contributed by atoms with van der Waals surface area (Å²) in [6, 6.07) is 0. The number of hydrogen-bond acceptors (Lipinski definition) is 0. The van der Waals surface area contributed by atoms with E-state index in [9.17, 15) is 0 Å². The maximum absolute atomic E-state index is 2.38. The van der Waals surface area contributed by atoms with Gasteiger partial charge in [0.1, 0.15) is 0 Å². The van der Waals surface area contributed by atoms with E-state index >= 15 is 0 Å². The molecular weight excluding hydrogens is 132 g/mol. The van der Waals surface area contributed by atoms with Crippen molar-refractivity contribution in [2.24, 2.45) is 17.8 Å². The van der Waals surface area contributed by atoms with Gasteiger partial charge in [0.15, 0.2) is 0 Å². The molecule has 0 saturated heterocycles. The predicted molar refractivity (Wildman–Crippen MR) is 48.3 cm³/mol. The van der Waals surface area contributed by atoms with Crippen LogP contribution in [0.5, 0.6) is 0 Å². The quantitative estimate of drug-likeness (QED) is 0.495. The zero-order valence-corrected chi connectivity index (χ0v) is 7.38. The molecule has 0 bridgehead atoms. The molecule has 2 aliphatic carbocycles. The topological polar surface area (TPSA) is 0 Å². The maximum atomic E-state index is 2.38. The molecule has 0 aromatic carbocycles. The van der Waals surface area contributed by atoms with Crippen molar-refractivity contribution in [1.82, 2.24) is 0 Å². The standard InChI is InChI=1S/C11H16/c1-8-6-10-4-3-5-11(10)7-9(8)2/h3-5,8-10H,6-7H2,1-2H3. The van der Waals surface area contributed by atoms with Crippen LogP contribution in [0.1, 0.15) is 26.7 Å². The first-order valence-electron chi connectivity index (χ1n) is 4.64. The highest BCUT2D eigenvalue weighted by atomic mass is 14.3. The van der Waals surface area contributed by atoms with Crippen LogP contribution in [0, 0.1) is 17.8 Å². The average Bonchev–Trinajstić information content (AvgIpc) is 2.36. The molecule has 0 amide bonds. The lowest BCUT2D eigenvalue weighted by atomic mass is 9.74. The second-order valence-electron chi connectivity index (χ2n) is 4.13. The molecule has 0 heteroatoms. The third-order valence-electron chi connectivity index (χ3n) is 3.28. The molecule has 1 fully saturated rings. The molecule has 3 atom stereocenters. The van der Waals surface area contributed by atoms with Gasteiger partial charge in [-0.3, -0.25) is 0 Å². The van der Waals surface area contributed by atoms with Crippen molar-refractivity contribution in [2.45, 2.75) is 26.7 Å². The van der Waals surface area contributed by atoms with Gasteiger partial charge in [-0.2, -0.15) is 0 Å². The van der Waals surface area contributed by atoms with Gasteiger partial charge in [-0.15, -0.1) is 0 Å². The second kappa shape index (κ2) is 2.51. The van der Waals surface area contributed by atoms with Crippen LogP contribution in [-0.2, 0) is 0 Å².